The number of nitrogens with zero attached hydrogens (tertiary/aromatic N) is 4. The lowest BCUT2D eigenvalue weighted by atomic mass is 9.90. The predicted octanol–water partition coefficient (Wildman–Crippen LogP) is 4.90. The molecular formula is C26H32N4OS. The van der Waals surface area contributed by atoms with Crippen LogP contribution in [0, 0.1) is 0 Å². The number of rotatable bonds is 6. The van der Waals surface area contributed by atoms with Gasteiger partial charge >= 0.3 is 0 Å². The monoisotopic (exact) mass is 448 g/mol. The van der Waals surface area contributed by atoms with Gasteiger partial charge in [0.15, 0.2) is 5.69 Å². The summed E-state index contributed by atoms with van der Waals surface area (Å²) >= 11 is 1.88. The largest absolute Gasteiger partial charge is 0.337 e. The van der Waals surface area contributed by atoms with Crippen LogP contribution >= 0.6 is 11.3 Å². The third-order valence-electron chi connectivity index (χ3n) is 6.97. The molecule has 3 heterocycles. The fraction of sp³-hybridized carbons (Fsp3) is 0.462. The Hall–Kier alpha value is -2.44. The van der Waals surface area contributed by atoms with E-state index in [2.05, 4.69) is 48.9 Å². The van der Waals surface area contributed by atoms with Gasteiger partial charge < -0.3 is 4.90 Å². The van der Waals surface area contributed by atoms with Gasteiger partial charge in [0.1, 0.15) is 0 Å². The van der Waals surface area contributed by atoms with Crippen molar-refractivity contribution in [1.29, 1.82) is 0 Å². The first-order valence-electron chi connectivity index (χ1n) is 11.8. The molecule has 0 spiro atoms. The molecule has 1 amide bonds. The van der Waals surface area contributed by atoms with Crippen LogP contribution in [-0.2, 0) is 25.9 Å². The zero-order valence-electron chi connectivity index (χ0n) is 18.9. The van der Waals surface area contributed by atoms with Crippen LogP contribution in [0.1, 0.15) is 52.3 Å². The fourth-order valence-corrected chi connectivity index (χ4v) is 6.36. The Morgan fingerprint density at radius 3 is 2.88 bits per heavy atom. The maximum absolute atomic E-state index is 13.4. The van der Waals surface area contributed by atoms with Gasteiger partial charge in [0, 0.05) is 46.5 Å². The lowest BCUT2D eigenvalue weighted by Gasteiger charge is -2.32. The number of amides is 1. The molecule has 2 aromatic heterocycles. The molecule has 6 heteroatoms. The van der Waals surface area contributed by atoms with E-state index in [-0.39, 0.29) is 5.91 Å². The van der Waals surface area contributed by atoms with Gasteiger partial charge in [0.25, 0.3) is 5.91 Å². The molecule has 1 aliphatic carbocycles. The molecule has 3 aromatic rings. The summed E-state index contributed by atoms with van der Waals surface area (Å²) in [6, 6.07) is 11.3. The van der Waals surface area contributed by atoms with Crippen LogP contribution in [0.4, 0.5) is 0 Å². The summed E-state index contributed by atoms with van der Waals surface area (Å²) in [5.41, 5.74) is 3.09. The van der Waals surface area contributed by atoms with Gasteiger partial charge in [-0.3, -0.25) is 14.4 Å². The first-order chi connectivity index (χ1) is 15.6. The Labute approximate surface area is 194 Å². The molecule has 1 atom stereocenters. The highest BCUT2D eigenvalue weighted by atomic mass is 32.1. The summed E-state index contributed by atoms with van der Waals surface area (Å²) in [7, 11) is 2.22. The Morgan fingerprint density at radius 1 is 1.28 bits per heavy atom. The first kappa shape index (κ1) is 21.4. The van der Waals surface area contributed by atoms with E-state index in [1.54, 1.807) is 0 Å². The molecule has 0 N–H and O–H groups in total. The Kier molecular flexibility index (Phi) is 6.15. The van der Waals surface area contributed by atoms with Crippen LogP contribution in [0.2, 0.25) is 0 Å². The number of piperidine rings is 1. The third-order valence-corrected chi connectivity index (χ3v) is 8.07. The molecule has 0 bridgehead atoms. The minimum Gasteiger partial charge on any atom is -0.337 e. The number of carbonyl (C=O) groups excluding carboxylic acids is 1. The van der Waals surface area contributed by atoms with Gasteiger partial charge in [0.2, 0.25) is 0 Å². The number of thiophene rings is 1. The van der Waals surface area contributed by atoms with Crippen molar-refractivity contribution in [2.45, 2.75) is 57.7 Å². The number of carbonyl (C=O) groups is 1. The molecule has 32 heavy (non-hydrogen) atoms. The van der Waals surface area contributed by atoms with E-state index in [4.69, 9.17) is 5.10 Å². The van der Waals surface area contributed by atoms with Crippen molar-refractivity contribution in [3.63, 3.8) is 0 Å². The molecule has 5 rings (SSSR count). The van der Waals surface area contributed by atoms with Crippen LogP contribution in [0.5, 0.6) is 0 Å². The molecule has 5 nitrogen and oxygen atoms in total. The molecule has 168 valence electrons. The van der Waals surface area contributed by atoms with Crippen molar-refractivity contribution in [2.75, 3.05) is 20.1 Å². The summed E-state index contributed by atoms with van der Waals surface area (Å²) in [5.74, 6) is 0.122. The average Bonchev–Trinajstić information content (AvgIpc) is 3.40. The second kappa shape index (κ2) is 9.20. The second-order valence-corrected chi connectivity index (χ2v) is 10.3. The number of hydrogen-bond donors (Lipinski definition) is 0. The van der Waals surface area contributed by atoms with Crippen LogP contribution < -0.4 is 0 Å². The summed E-state index contributed by atoms with van der Waals surface area (Å²) in [6.07, 6.45) is 8.24. The number of likely N-dealkylation sites (tertiary alicyclic amines) is 1. The summed E-state index contributed by atoms with van der Waals surface area (Å²) in [6.45, 7) is 7.21. The number of likely N-dealkylation sites (N-methyl/N-ethyl adjacent to an activating group) is 1. The zero-order chi connectivity index (χ0) is 22.1. The van der Waals surface area contributed by atoms with Gasteiger partial charge in [-0.2, -0.15) is 5.10 Å². The van der Waals surface area contributed by atoms with E-state index in [1.807, 2.05) is 27.0 Å². The van der Waals surface area contributed by atoms with E-state index in [0.29, 0.717) is 18.3 Å². The minimum absolute atomic E-state index is 0.122. The molecule has 1 saturated heterocycles. The SMILES string of the molecule is C=CCn1nc(C(=O)N2CCCCC2)c2c1CCC(N(C)Cc1cc3ccccc3s1)C2. The molecular weight excluding hydrogens is 416 g/mol. The molecule has 1 aliphatic heterocycles. The maximum Gasteiger partial charge on any atom is 0.274 e. The average molecular weight is 449 g/mol. The van der Waals surface area contributed by atoms with E-state index >= 15 is 0 Å². The van der Waals surface area contributed by atoms with Crippen molar-refractivity contribution in [3.8, 4) is 0 Å². The third kappa shape index (κ3) is 4.14. The Bertz CT molecular complexity index is 1090. The minimum atomic E-state index is 0.122. The number of allylic oxidation sites excluding steroid dienone is 1. The van der Waals surface area contributed by atoms with Crippen molar-refractivity contribution in [3.05, 3.63) is 64.8 Å². The van der Waals surface area contributed by atoms with Crippen LogP contribution in [-0.4, -0.2) is 51.7 Å². The standard InChI is InChI=1S/C26H32N4OS/c1-3-13-30-23-12-11-20(28(2)18-21-16-19-9-5-6-10-24(19)32-21)17-22(23)25(27-30)26(31)29-14-7-4-8-15-29/h3,5-6,9-10,16,20H,1,4,7-8,11-15,17-18H2,2H3. The number of hydrogen-bond acceptors (Lipinski definition) is 4. The second-order valence-electron chi connectivity index (χ2n) is 9.16. The van der Waals surface area contributed by atoms with Gasteiger partial charge in [-0.05, 0) is 63.1 Å². The highest BCUT2D eigenvalue weighted by Gasteiger charge is 2.32. The van der Waals surface area contributed by atoms with E-state index in [0.717, 1.165) is 51.7 Å². The maximum atomic E-state index is 13.4. The summed E-state index contributed by atoms with van der Waals surface area (Å²) in [4.78, 5) is 19.2. The van der Waals surface area contributed by atoms with Crippen molar-refractivity contribution >= 4 is 27.3 Å². The van der Waals surface area contributed by atoms with Gasteiger partial charge in [-0.1, -0.05) is 24.3 Å². The smallest absolute Gasteiger partial charge is 0.274 e. The normalized spacial score (nSPS) is 18.8. The van der Waals surface area contributed by atoms with Crippen molar-refractivity contribution in [1.82, 2.24) is 19.6 Å². The highest BCUT2D eigenvalue weighted by molar-refractivity contribution is 7.19. The Morgan fingerprint density at radius 2 is 2.09 bits per heavy atom. The number of aromatic nitrogens is 2. The zero-order valence-corrected chi connectivity index (χ0v) is 19.7. The van der Waals surface area contributed by atoms with Gasteiger partial charge in [-0.15, -0.1) is 17.9 Å². The molecule has 2 aliphatic rings. The van der Waals surface area contributed by atoms with Crippen LogP contribution in [0.25, 0.3) is 10.1 Å². The number of fused-ring (bicyclic) bond motifs is 2. The van der Waals surface area contributed by atoms with Gasteiger partial charge in [-0.25, -0.2) is 0 Å². The molecule has 1 fully saturated rings. The number of benzene rings is 1. The quantitative estimate of drug-likeness (QED) is 0.504. The first-order valence-corrected chi connectivity index (χ1v) is 12.6. The fourth-order valence-electron chi connectivity index (χ4n) is 5.23. The predicted molar refractivity (Wildman–Crippen MR) is 131 cm³/mol. The molecule has 0 saturated carbocycles. The van der Waals surface area contributed by atoms with Crippen molar-refractivity contribution < 1.29 is 4.79 Å². The summed E-state index contributed by atoms with van der Waals surface area (Å²) in [5, 5.41) is 6.13. The van der Waals surface area contributed by atoms with Crippen molar-refractivity contribution in [2.24, 2.45) is 0 Å². The lowest BCUT2D eigenvalue weighted by Crippen LogP contribution is -2.38. The topological polar surface area (TPSA) is 41.4 Å². The highest BCUT2D eigenvalue weighted by Crippen LogP contribution is 2.31. The summed E-state index contributed by atoms with van der Waals surface area (Å²) < 4.78 is 3.36. The Balaban J connectivity index is 1.37. The van der Waals surface area contributed by atoms with Gasteiger partial charge in [0.05, 0.1) is 6.54 Å². The van der Waals surface area contributed by atoms with E-state index in [9.17, 15) is 4.79 Å². The molecule has 1 unspecified atom stereocenters. The lowest BCUT2D eigenvalue weighted by molar-refractivity contribution is 0.0715. The molecule has 0 radical (unpaired) electrons. The van der Waals surface area contributed by atoms with Crippen LogP contribution in [0.3, 0.4) is 0 Å². The van der Waals surface area contributed by atoms with E-state index < -0.39 is 0 Å². The molecule has 1 aromatic carbocycles. The van der Waals surface area contributed by atoms with E-state index in [1.165, 1.54) is 32.6 Å². The van der Waals surface area contributed by atoms with Crippen LogP contribution in [0.15, 0.2) is 43.0 Å².